The number of hydrogen-bond acceptors (Lipinski definition) is 4. The molecule has 0 aliphatic heterocycles. The van der Waals surface area contributed by atoms with Gasteiger partial charge in [0, 0.05) is 18.8 Å². The molecule has 0 atom stereocenters. The van der Waals surface area contributed by atoms with Gasteiger partial charge in [0.05, 0.1) is 23.2 Å². The van der Waals surface area contributed by atoms with Gasteiger partial charge in [0.1, 0.15) is 11.3 Å². The number of nitrogens with one attached hydrogen (secondary N) is 1. The van der Waals surface area contributed by atoms with Crippen molar-refractivity contribution >= 4 is 39.7 Å². The number of ether oxygens (including phenoxy) is 1. The van der Waals surface area contributed by atoms with Crippen molar-refractivity contribution in [3.63, 3.8) is 0 Å². The first-order chi connectivity index (χ1) is 13.0. The highest BCUT2D eigenvalue weighted by Crippen LogP contribution is 2.27. The highest BCUT2D eigenvalue weighted by molar-refractivity contribution is 6.32. The fourth-order valence-corrected chi connectivity index (χ4v) is 3.23. The number of halogens is 1. The van der Waals surface area contributed by atoms with Crippen molar-refractivity contribution in [2.24, 2.45) is 7.05 Å². The molecule has 4 aromatic rings. The van der Waals surface area contributed by atoms with Gasteiger partial charge in [-0.05, 0) is 30.3 Å². The number of nitrogens with zero attached hydrogens (tertiary/aromatic N) is 3. The predicted molar refractivity (Wildman–Crippen MR) is 104 cm³/mol. The number of carbonyl (C=O) groups excluding carboxylic acids is 1. The summed E-state index contributed by atoms with van der Waals surface area (Å²) in [6.07, 6.45) is 0. The van der Waals surface area contributed by atoms with Crippen molar-refractivity contribution in [1.29, 1.82) is 0 Å². The van der Waals surface area contributed by atoms with E-state index in [2.05, 4.69) is 10.4 Å². The van der Waals surface area contributed by atoms with Crippen LogP contribution in [0.5, 0.6) is 5.75 Å². The first-order valence-electron chi connectivity index (χ1n) is 8.12. The van der Waals surface area contributed by atoms with Crippen LogP contribution in [0.25, 0.3) is 16.6 Å². The molecule has 2 aromatic carbocycles. The summed E-state index contributed by atoms with van der Waals surface area (Å²) in [5.74, 6) is 0.0726. The second kappa shape index (κ2) is 6.44. The fourth-order valence-electron chi connectivity index (χ4n) is 2.98. The number of anilines is 1. The number of carbonyl (C=O) groups is 1. The molecule has 0 radical (unpaired) electrons. The van der Waals surface area contributed by atoms with E-state index < -0.39 is 5.91 Å². The van der Waals surface area contributed by atoms with Gasteiger partial charge < -0.3 is 14.6 Å². The van der Waals surface area contributed by atoms with Crippen LogP contribution in [0.4, 0.5) is 5.69 Å². The summed E-state index contributed by atoms with van der Waals surface area (Å²) >= 11 is 6.09. The molecule has 0 spiro atoms. The number of amides is 1. The zero-order chi connectivity index (χ0) is 19.1. The number of benzene rings is 2. The normalized spacial score (nSPS) is 11.1. The average molecular weight is 383 g/mol. The second-order valence-electron chi connectivity index (χ2n) is 5.98. The highest BCUT2D eigenvalue weighted by Gasteiger charge is 2.16. The molecule has 4 rings (SSSR count). The van der Waals surface area contributed by atoms with E-state index >= 15 is 0 Å². The molecule has 2 heterocycles. The fraction of sp³-hybridized carbons (Fsp3) is 0.105. The van der Waals surface area contributed by atoms with Gasteiger partial charge in [0.2, 0.25) is 0 Å². The van der Waals surface area contributed by atoms with Crippen LogP contribution in [-0.2, 0) is 7.05 Å². The lowest BCUT2D eigenvalue weighted by Crippen LogP contribution is -2.19. The maximum atomic E-state index is 12.6. The number of fused-ring (bicyclic) bond motifs is 3. The minimum atomic E-state index is -0.439. The largest absolute Gasteiger partial charge is 0.495 e. The average Bonchev–Trinajstić information content (AvgIpc) is 3.12. The Morgan fingerprint density at radius 1 is 1.11 bits per heavy atom. The summed E-state index contributed by atoms with van der Waals surface area (Å²) < 4.78 is 8.13. The van der Waals surface area contributed by atoms with Gasteiger partial charge in [-0.2, -0.15) is 5.10 Å². The maximum Gasteiger partial charge on any atom is 0.276 e. The van der Waals surface area contributed by atoms with E-state index in [9.17, 15) is 9.59 Å². The van der Waals surface area contributed by atoms with Gasteiger partial charge in [-0.3, -0.25) is 9.59 Å². The van der Waals surface area contributed by atoms with Crippen LogP contribution in [0.1, 0.15) is 10.5 Å². The van der Waals surface area contributed by atoms with E-state index in [1.165, 1.54) is 22.3 Å². The van der Waals surface area contributed by atoms with Crippen LogP contribution in [0, 0.1) is 0 Å². The van der Waals surface area contributed by atoms with Gasteiger partial charge in [-0.15, -0.1) is 0 Å². The summed E-state index contributed by atoms with van der Waals surface area (Å²) in [7, 11) is 3.21. The Morgan fingerprint density at radius 3 is 2.56 bits per heavy atom. The van der Waals surface area contributed by atoms with Crippen LogP contribution in [0.3, 0.4) is 0 Å². The first kappa shape index (κ1) is 17.1. The summed E-state index contributed by atoms with van der Waals surface area (Å²) in [6.45, 7) is 0. The van der Waals surface area contributed by atoms with Gasteiger partial charge in [0.15, 0.2) is 5.69 Å². The Bertz CT molecular complexity index is 1260. The predicted octanol–water partition coefficient (Wildman–Crippen LogP) is 3.10. The Kier molecular flexibility index (Phi) is 4.08. The molecular weight excluding hydrogens is 368 g/mol. The smallest absolute Gasteiger partial charge is 0.276 e. The van der Waals surface area contributed by atoms with E-state index in [0.717, 1.165) is 11.0 Å². The Balaban J connectivity index is 1.77. The summed E-state index contributed by atoms with van der Waals surface area (Å²) in [6, 6.07) is 13.8. The standard InChI is InChI=1S/C19H15ClN4O3/c1-23-14-5-3-4-6-15(14)24-16(19(23)26)10-13(22-24)18(25)21-11-7-8-17(27-2)12(20)9-11/h3-10H,1-2H3,(H,21,25). The third-order valence-corrected chi connectivity index (χ3v) is 4.64. The SMILES string of the molecule is COc1ccc(NC(=O)c2cc3c(=O)n(C)c4ccccc4n3n2)cc1Cl. The lowest BCUT2D eigenvalue weighted by atomic mass is 10.2. The minimum absolute atomic E-state index is 0.135. The zero-order valence-corrected chi connectivity index (χ0v) is 15.3. The van der Waals surface area contributed by atoms with Crippen molar-refractivity contribution < 1.29 is 9.53 Å². The third kappa shape index (κ3) is 2.82. The topological polar surface area (TPSA) is 77.6 Å². The Morgan fingerprint density at radius 2 is 1.85 bits per heavy atom. The number of aromatic nitrogens is 3. The molecule has 7 nitrogen and oxygen atoms in total. The highest BCUT2D eigenvalue weighted by atomic mass is 35.5. The van der Waals surface area contributed by atoms with Crippen molar-refractivity contribution in [2.45, 2.75) is 0 Å². The quantitative estimate of drug-likeness (QED) is 0.590. The van der Waals surface area contributed by atoms with E-state index in [0.29, 0.717) is 22.0 Å². The number of methoxy groups -OCH3 is 1. The van der Waals surface area contributed by atoms with Crippen LogP contribution in [0.2, 0.25) is 5.02 Å². The minimum Gasteiger partial charge on any atom is -0.495 e. The van der Waals surface area contributed by atoms with Crippen LogP contribution < -0.4 is 15.6 Å². The Hall–Kier alpha value is -3.32. The monoisotopic (exact) mass is 382 g/mol. The molecule has 27 heavy (non-hydrogen) atoms. The van der Waals surface area contributed by atoms with Crippen molar-refractivity contribution in [1.82, 2.24) is 14.2 Å². The molecule has 0 fully saturated rings. The van der Waals surface area contributed by atoms with Crippen molar-refractivity contribution in [3.8, 4) is 5.75 Å². The molecule has 1 amide bonds. The molecular formula is C19H15ClN4O3. The molecule has 1 N–H and O–H groups in total. The number of para-hydroxylation sites is 2. The van der Waals surface area contributed by atoms with Gasteiger partial charge >= 0.3 is 0 Å². The molecule has 8 heteroatoms. The van der Waals surface area contributed by atoms with E-state index in [1.807, 2.05) is 24.3 Å². The van der Waals surface area contributed by atoms with Crippen LogP contribution in [0.15, 0.2) is 53.3 Å². The summed E-state index contributed by atoms with van der Waals surface area (Å²) in [5, 5.41) is 7.44. The van der Waals surface area contributed by atoms with Crippen molar-refractivity contribution in [2.75, 3.05) is 12.4 Å². The second-order valence-corrected chi connectivity index (χ2v) is 6.39. The van der Waals surface area contributed by atoms with Crippen LogP contribution >= 0.6 is 11.6 Å². The van der Waals surface area contributed by atoms with Crippen LogP contribution in [-0.4, -0.2) is 27.2 Å². The molecule has 0 unspecified atom stereocenters. The van der Waals surface area contributed by atoms with Crippen molar-refractivity contribution in [3.05, 3.63) is 69.6 Å². The summed E-state index contributed by atoms with van der Waals surface area (Å²) in [5.41, 5.74) is 2.20. The van der Waals surface area contributed by atoms with Gasteiger partial charge in [-0.25, -0.2) is 4.52 Å². The molecule has 0 bridgehead atoms. The van der Waals surface area contributed by atoms with E-state index in [-0.39, 0.29) is 11.3 Å². The van der Waals surface area contributed by atoms with Gasteiger partial charge in [-0.1, -0.05) is 23.7 Å². The molecule has 0 saturated carbocycles. The van der Waals surface area contributed by atoms with E-state index in [4.69, 9.17) is 16.3 Å². The molecule has 2 aromatic heterocycles. The number of hydrogen-bond donors (Lipinski definition) is 1. The molecule has 0 aliphatic carbocycles. The lowest BCUT2D eigenvalue weighted by molar-refractivity contribution is 0.102. The lowest BCUT2D eigenvalue weighted by Gasteiger charge is -2.07. The van der Waals surface area contributed by atoms with E-state index in [1.54, 1.807) is 25.2 Å². The zero-order valence-electron chi connectivity index (χ0n) is 14.6. The number of aryl methyl sites for hydroxylation is 1. The first-order valence-corrected chi connectivity index (χ1v) is 8.50. The molecule has 136 valence electrons. The molecule has 0 aliphatic rings. The number of rotatable bonds is 3. The molecule has 0 saturated heterocycles. The summed E-state index contributed by atoms with van der Waals surface area (Å²) in [4.78, 5) is 25.2. The maximum absolute atomic E-state index is 12.6. The Labute approximate surface area is 158 Å². The van der Waals surface area contributed by atoms with Gasteiger partial charge in [0.25, 0.3) is 11.5 Å². The third-order valence-electron chi connectivity index (χ3n) is 4.35.